The average Bonchev–Trinajstić information content (AvgIpc) is 2.39. The quantitative estimate of drug-likeness (QED) is 0.594. The summed E-state index contributed by atoms with van der Waals surface area (Å²) >= 11 is 0. The van der Waals surface area contributed by atoms with Crippen molar-refractivity contribution in [1.29, 1.82) is 5.26 Å². The van der Waals surface area contributed by atoms with Crippen molar-refractivity contribution < 1.29 is 23.2 Å². The van der Waals surface area contributed by atoms with Crippen LogP contribution in [0.5, 0.6) is 0 Å². The fourth-order valence-corrected chi connectivity index (χ4v) is 2.72. The van der Waals surface area contributed by atoms with Crippen molar-refractivity contribution >= 4 is 27.4 Å². The van der Waals surface area contributed by atoms with Gasteiger partial charge in [-0.15, -0.1) is 0 Å². The summed E-state index contributed by atoms with van der Waals surface area (Å²) in [4.78, 5) is 20.9. The number of non-ortho nitro benzene ring substituents is 1. The first kappa shape index (κ1) is 16.4. The molecule has 1 aromatic rings. The van der Waals surface area contributed by atoms with Crippen LogP contribution in [0.3, 0.4) is 0 Å². The van der Waals surface area contributed by atoms with E-state index in [0.717, 1.165) is 18.2 Å². The second-order valence-corrected chi connectivity index (χ2v) is 5.83. The van der Waals surface area contributed by atoms with Gasteiger partial charge < -0.3 is 5.11 Å². The highest BCUT2D eigenvalue weighted by molar-refractivity contribution is 7.93. The number of sulfonamides is 1. The largest absolute Gasteiger partial charge is 0.478 e. The molecule has 0 bridgehead atoms. The average molecular weight is 313 g/mol. The standard InChI is InChI=1S/C11H11N3O6S/c1-2-8(6-12)21(19,20)13-10-4-3-7(14(17)18)5-9(10)11(15)16/h3-5,8,13H,2H2,1H3,(H,15,16). The summed E-state index contributed by atoms with van der Waals surface area (Å²) in [5.41, 5.74) is -1.38. The zero-order valence-corrected chi connectivity index (χ0v) is 11.6. The first-order valence-electron chi connectivity index (χ1n) is 5.66. The SMILES string of the molecule is CCC(C#N)S(=O)(=O)Nc1ccc([N+](=O)[O-])cc1C(=O)O. The van der Waals surface area contributed by atoms with Crippen LogP contribution in [-0.2, 0) is 10.0 Å². The number of nitriles is 1. The molecule has 1 unspecified atom stereocenters. The van der Waals surface area contributed by atoms with E-state index < -0.39 is 37.4 Å². The van der Waals surface area contributed by atoms with E-state index >= 15 is 0 Å². The lowest BCUT2D eigenvalue weighted by molar-refractivity contribution is -0.384. The number of carbonyl (C=O) groups is 1. The second kappa shape index (κ2) is 6.19. The summed E-state index contributed by atoms with van der Waals surface area (Å²) < 4.78 is 25.8. The van der Waals surface area contributed by atoms with E-state index in [4.69, 9.17) is 10.4 Å². The Morgan fingerprint density at radius 2 is 2.19 bits per heavy atom. The van der Waals surface area contributed by atoms with Gasteiger partial charge in [0.15, 0.2) is 5.25 Å². The molecule has 1 aromatic carbocycles. The Balaban J connectivity index is 3.29. The number of carboxylic acids is 1. The zero-order chi connectivity index (χ0) is 16.2. The molecule has 0 spiro atoms. The Labute approximate surface area is 120 Å². The molecule has 2 N–H and O–H groups in total. The number of nitrogens with one attached hydrogen (secondary N) is 1. The lowest BCUT2D eigenvalue weighted by Gasteiger charge is -2.12. The minimum Gasteiger partial charge on any atom is -0.478 e. The van der Waals surface area contributed by atoms with Gasteiger partial charge in [-0.3, -0.25) is 14.8 Å². The third kappa shape index (κ3) is 3.67. The Bertz CT molecular complexity index is 722. The lowest BCUT2D eigenvalue weighted by atomic mass is 10.1. The summed E-state index contributed by atoms with van der Waals surface area (Å²) in [7, 11) is -4.11. The number of benzene rings is 1. The first-order chi connectivity index (χ1) is 9.72. The van der Waals surface area contributed by atoms with Crippen LogP contribution in [0, 0.1) is 21.4 Å². The van der Waals surface area contributed by atoms with E-state index in [0.29, 0.717) is 0 Å². The molecule has 1 atom stereocenters. The molecular weight excluding hydrogens is 302 g/mol. The molecule has 9 nitrogen and oxygen atoms in total. The molecule has 0 aliphatic heterocycles. The topological polar surface area (TPSA) is 150 Å². The van der Waals surface area contributed by atoms with Crippen molar-refractivity contribution in [2.75, 3.05) is 4.72 Å². The number of nitro benzene ring substituents is 1. The van der Waals surface area contributed by atoms with Gasteiger partial charge >= 0.3 is 5.97 Å². The molecule has 0 aromatic heterocycles. The molecule has 21 heavy (non-hydrogen) atoms. The van der Waals surface area contributed by atoms with Crippen LogP contribution < -0.4 is 4.72 Å². The van der Waals surface area contributed by atoms with Crippen LogP contribution >= 0.6 is 0 Å². The van der Waals surface area contributed by atoms with E-state index in [1.807, 2.05) is 4.72 Å². The van der Waals surface area contributed by atoms with Gasteiger partial charge in [-0.1, -0.05) is 6.92 Å². The van der Waals surface area contributed by atoms with Gasteiger partial charge in [0.05, 0.1) is 22.2 Å². The molecule has 112 valence electrons. The fourth-order valence-electron chi connectivity index (χ4n) is 1.52. The van der Waals surface area contributed by atoms with E-state index in [2.05, 4.69) is 0 Å². The summed E-state index contributed by atoms with van der Waals surface area (Å²) in [6.45, 7) is 1.49. The van der Waals surface area contributed by atoms with E-state index in [1.165, 1.54) is 6.92 Å². The molecule has 0 radical (unpaired) electrons. The summed E-state index contributed by atoms with van der Waals surface area (Å²) in [5, 5.41) is 27.0. The van der Waals surface area contributed by atoms with E-state index in [1.54, 1.807) is 6.07 Å². The molecule has 0 fully saturated rings. The maximum atomic E-state index is 11.9. The number of anilines is 1. The fraction of sp³-hybridized carbons (Fsp3) is 0.273. The van der Waals surface area contributed by atoms with Gasteiger partial charge in [-0.2, -0.15) is 5.26 Å². The van der Waals surface area contributed by atoms with E-state index in [-0.39, 0.29) is 12.1 Å². The Kier molecular flexibility index (Phi) is 4.83. The van der Waals surface area contributed by atoms with Crippen molar-refractivity contribution in [1.82, 2.24) is 0 Å². The predicted octanol–water partition coefficient (Wildman–Crippen LogP) is 1.34. The Hall–Kier alpha value is -2.67. The number of hydrogen-bond donors (Lipinski definition) is 2. The molecule has 0 amide bonds. The van der Waals surface area contributed by atoms with Crippen molar-refractivity contribution in [3.8, 4) is 6.07 Å². The molecule has 0 saturated carbocycles. The Morgan fingerprint density at radius 3 is 2.62 bits per heavy atom. The maximum absolute atomic E-state index is 11.9. The van der Waals surface area contributed by atoms with Crippen molar-refractivity contribution in [2.45, 2.75) is 18.6 Å². The van der Waals surface area contributed by atoms with Gasteiger partial charge in [0.25, 0.3) is 5.69 Å². The minimum atomic E-state index is -4.11. The van der Waals surface area contributed by atoms with Crippen LogP contribution in [0.2, 0.25) is 0 Å². The molecule has 0 heterocycles. The summed E-state index contributed by atoms with van der Waals surface area (Å²) in [6, 6.07) is 4.27. The van der Waals surface area contributed by atoms with Crippen molar-refractivity contribution in [2.24, 2.45) is 0 Å². The number of nitro groups is 1. The van der Waals surface area contributed by atoms with Crippen LogP contribution in [0.15, 0.2) is 18.2 Å². The molecule has 0 saturated heterocycles. The molecular formula is C11H11N3O6S. The third-order valence-corrected chi connectivity index (χ3v) is 4.28. The third-order valence-electron chi connectivity index (χ3n) is 2.59. The summed E-state index contributed by atoms with van der Waals surface area (Å²) in [5.74, 6) is -1.53. The maximum Gasteiger partial charge on any atom is 0.338 e. The zero-order valence-electron chi connectivity index (χ0n) is 10.8. The molecule has 0 aliphatic rings. The predicted molar refractivity (Wildman–Crippen MR) is 72.3 cm³/mol. The lowest BCUT2D eigenvalue weighted by Crippen LogP contribution is -2.26. The molecule has 0 aliphatic carbocycles. The molecule has 1 rings (SSSR count). The first-order valence-corrected chi connectivity index (χ1v) is 7.20. The van der Waals surface area contributed by atoms with Gasteiger partial charge in [0.1, 0.15) is 0 Å². The molecule has 10 heteroatoms. The highest BCUT2D eigenvalue weighted by atomic mass is 32.2. The van der Waals surface area contributed by atoms with Gasteiger partial charge in [0.2, 0.25) is 10.0 Å². The van der Waals surface area contributed by atoms with Gasteiger partial charge in [-0.25, -0.2) is 13.2 Å². The summed E-state index contributed by atoms with van der Waals surface area (Å²) in [6.07, 6.45) is 0.0151. The van der Waals surface area contributed by atoms with Crippen LogP contribution in [0.4, 0.5) is 11.4 Å². The van der Waals surface area contributed by atoms with Crippen molar-refractivity contribution in [3.05, 3.63) is 33.9 Å². The van der Waals surface area contributed by atoms with Crippen LogP contribution in [-0.4, -0.2) is 29.7 Å². The number of carboxylic acid groups (broad SMARTS) is 1. The highest BCUT2D eigenvalue weighted by Crippen LogP contribution is 2.24. The second-order valence-electron chi connectivity index (χ2n) is 3.97. The number of hydrogen-bond acceptors (Lipinski definition) is 6. The Morgan fingerprint density at radius 1 is 1.57 bits per heavy atom. The van der Waals surface area contributed by atoms with Gasteiger partial charge in [-0.05, 0) is 12.5 Å². The number of rotatable bonds is 6. The van der Waals surface area contributed by atoms with Crippen LogP contribution in [0.25, 0.3) is 0 Å². The van der Waals surface area contributed by atoms with E-state index in [9.17, 15) is 23.3 Å². The number of aromatic carboxylic acids is 1. The van der Waals surface area contributed by atoms with Crippen molar-refractivity contribution in [3.63, 3.8) is 0 Å². The smallest absolute Gasteiger partial charge is 0.338 e. The van der Waals surface area contributed by atoms with Gasteiger partial charge in [0, 0.05) is 12.1 Å². The minimum absolute atomic E-state index is 0.0151. The highest BCUT2D eigenvalue weighted by Gasteiger charge is 2.26. The monoisotopic (exact) mass is 313 g/mol. The normalized spacial score (nSPS) is 12.2. The van der Waals surface area contributed by atoms with Crippen LogP contribution in [0.1, 0.15) is 23.7 Å². The number of nitrogens with zero attached hydrogens (tertiary/aromatic N) is 2.